The van der Waals surface area contributed by atoms with Crippen LogP contribution in [0.5, 0.6) is 0 Å². The molecule has 3 rings (SSSR count). The molecule has 0 saturated heterocycles. The fourth-order valence-corrected chi connectivity index (χ4v) is 3.55. The van der Waals surface area contributed by atoms with Gasteiger partial charge in [-0.2, -0.15) is 11.3 Å². The number of carbonyl (C=O) groups is 1. The van der Waals surface area contributed by atoms with Gasteiger partial charge in [0.15, 0.2) is 0 Å². The van der Waals surface area contributed by atoms with E-state index < -0.39 is 11.5 Å². The maximum Gasteiger partial charge on any atom is 0.234 e. The highest BCUT2D eigenvalue weighted by Gasteiger charge is 2.38. The number of anilines is 1. The molecule has 3 N–H and O–H groups in total. The summed E-state index contributed by atoms with van der Waals surface area (Å²) >= 11 is 1.59. The summed E-state index contributed by atoms with van der Waals surface area (Å²) in [6, 6.07) is 8.11. The number of rotatable bonds is 5. The first-order valence-corrected chi connectivity index (χ1v) is 8.73. The van der Waals surface area contributed by atoms with Crippen LogP contribution >= 0.6 is 11.3 Å². The van der Waals surface area contributed by atoms with Crippen molar-refractivity contribution in [2.45, 2.75) is 38.3 Å². The van der Waals surface area contributed by atoms with Crippen LogP contribution in [0.15, 0.2) is 35.0 Å². The van der Waals surface area contributed by atoms with Gasteiger partial charge in [-0.1, -0.05) is 12.1 Å². The van der Waals surface area contributed by atoms with Crippen molar-refractivity contribution in [3.05, 3.63) is 51.7 Å². The first kappa shape index (κ1) is 16.2. The fourth-order valence-electron chi connectivity index (χ4n) is 2.85. The zero-order valence-electron chi connectivity index (χ0n) is 13.6. The molecule has 0 fully saturated rings. The standard InChI is InChI=1S/C18H22N2O2S/c1-11(19-9-16(21)13-6-7-23-10-13)12-4-5-15-14(8-12)18(2,3)17(22)20-15/h4-8,10-11,16,19,21H,9H2,1-3H3,(H,20,22). The summed E-state index contributed by atoms with van der Waals surface area (Å²) in [5, 5.41) is 20.4. The van der Waals surface area contributed by atoms with Crippen LogP contribution in [0.2, 0.25) is 0 Å². The molecule has 1 amide bonds. The fraction of sp³-hybridized carbons (Fsp3) is 0.389. The summed E-state index contributed by atoms with van der Waals surface area (Å²) in [5.41, 5.74) is 3.49. The quantitative estimate of drug-likeness (QED) is 0.788. The van der Waals surface area contributed by atoms with Gasteiger partial charge in [-0.15, -0.1) is 0 Å². The van der Waals surface area contributed by atoms with Crippen molar-refractivity contribution in [2.24, 2.45) is 0 Å². The molecule has 2 atom stereocenters. The van der Waals surface area contributed by atoms with Gasteiger partial charge in [-0.3, -0.25) is 4.79 Å². The lowest BCUT2D eigenvalue weighted by atomic mass is 9.85. The summed E-state index contributed by atoms with van der Waals surface area (Å²) in [6.45, 7) is 6.45. The van der Waals surface area contributed by atoms with Gasteiger partial charge < -0.3 is 15.7 Å². The smallest absolute Gasteiger partial charge is 0.234 e. The second-order valence-electron chi connectivity index (χ2n) is 6.59. The largest absolute Gasteiger partial charge is 0.387 e. The van der Waals surface area contributed by atoms with E-state index in [2.05, 4.69) is 23.6 Å². The zero-order chi connectivity index (χ0) is 16.6. The Balaban J connectivity index is 1.70. The average Bonchev–Trinajstić information content (AvgIpc) is 3.13. The van der Waals surface area contributed by atoms with Gasteiger partial charge in [0.2, 0.25) is 5.91 Å². The second kappa shape index (κ2) is 6.07. The number of nitrogens with one attached hydrogen (secondary N) is 2. The Morgan fingerprint density at radius 3 is 2.78 bits per heavy atom. The van der Waals surface area contributed by atoms with Crippen molar-refractivity contribution >= 4 is 22.9 Å². The van der Waals surface area contributed by atoms with Gasteiger partial charge in [0.1, 0.15) is 0 Å². The summed E-state index contributed by atoms with van der Waals surface area (Å²) in [4.78, 5) is 12.0. The molecule has 122 valence electrons. The molecule has 5 heteroatoms. The summed E-state index contributed by atoms with van der Waals surface area (Å²) in [6.07, 6.45) is -0.502. The highest BCUT2D eigenvalue weighted by molar-refractivity contribution is 7.07. The third-order valence-electron chi connectivity index (χ3n) is 4.58. The maximum atomic E-state index is 12.0. The Bertz CT molecular complexity index is 710. The lowest BCUT2D eigenvalue weighted by Crippen LogP contribution is -2.27. The molecule has 0 spiro atoms. The third kappa shape index (κ3) is 3.04. The Morgan fingerprint density at radius 2 is 2.09 bits per heavy atom. The van der Waals surface area contributed by atoms with Crippen LogP contribution in [0.1, 0.15) is 49.6 Å². The minimum Gasteiger partial charge on any atom is -0.387 e. The van der Waals surface area contributed by atoms with Crippen molar-refractivity contribution in [3.8, 4) is 0 Å². The number of aliphatic hydroxyl groups excluding tert-OH is 1. The average molecular weight is 330 g/mol. The summed E-state index contributed by atoms with van der Waals surface area (Å²) in [7, 11) is 0. The molecule has 23 heavy (non-hydrogen) atoms. The minimum atomic E-state index is -0.502. The van der Waals surface area contributed by atoms with Gasteiger partial charge in [0.25, 0.3) is 0 Å². The van der Waals surface area contributed by atoms with Crippen molar-refractivity contribution < 1.29 is 9.90 Å². The van der Waals surface area contributed by atoms with Gasteiger partial charge >= 0.3 is 0 Å². The van der Waals surface area contributed by atoms with Gasteiger partial charge in [-0.05, 0) is 60.4 Å². The highest BCUT2D eigenvalue weighted by atomic mass is 32.1. The number of benzene rings is 1. The van der Waals surface area contributed by atoms with E-state index in [4.69, 9.17) is 0 Å². The SMILES string of the molecule is CC(NCC(O)c1ccsc1)c1ccc2c(c1)C(C)(C)C(=O)N2. The van der Waals surface area contributed by atoms with Crippen LogP contribution < -0.4 is 10.6 Å². The number of carbonyl (C=O) groups excluding carboxylic acids is 1. The Morgan fingerprint density at radius 1 is 1.30 bits per heavy atom. The topological polar surface area (TPSA) is 61.4 Å². The van der Waals surface area contributed by atoms with E-state index in [0.29, 0.717) is 6.54 Å². The van der Waals surface area contributed by atoms with Crippen molar-refractivity contribution in [1.29, 1.82) is 0 Å². The van der Waals surface area contributed by atoms with E-state index in [0.717, 1.165) is 22.4 Å². The Labute approximate surface area is 140 Å². The lowest BCUT2D eigenvalue weighted by molar-refractivity contribution is -0.119. The van der Waals surface area contributed by atoms with E-state index in [9.17, 15) is 9.90 Å². The molecule has 0 aliphatic carbocycles. The number of hydrogen-bond donors (Lipinski definition) is 3. The van der Waals surface area contributed by atoms with Gasteiger partial charge in [0.05, 0.1) is 11.5 Å². The van der Waals surface area contributed by atoms with E-state index in [1.807, 2.05) is 42.8 Å². The first-order chi connectivity index (χ1) is 10.9. The molecule has 1 aliphatic rings. The number of amides is 1. The summed E-state index contributed by atoms with van der Waals surface area (Å²) in [5.74, 6) is 0.0399. The van der Waals surface area contributed by atoms with E-state index in [-0.39, 0.29) is 11.9 Å². The van der Waals surface area contributed by atoms with Crippen LogP contribution in [-0.2, 0) is 10.2 Å². The van der Waals surface area contributed by atoms with Crippen molar-refractivity contribution in [3.63, 3.8) is 0 Å². The number of fused-ring (bicyclic) bond motifs is 1. The Kier molecular flexibility index (Phi) is 4.27. The van der Waals surface area contributed by atoms with Crippen molar-refractivity contribution in [1.82, 2.24) is 5.32 Å². The lowest BCUT2D eigenvalue weighted by Gasteiger charge is -2.20. The summed E-state index contributed by atoms with van der Waals surface area (Å²) < 4.78 is 0. The zero-order valence-corrected chi connectivity index (χ0v) is 14.4. The van der Waals surface area contributed by atoms with Crippen LogP contribution in [0.25, 0.3) is 0 Å². The Hall–Kier alpha value is -1.69. The first-order valence-electron chi connectivity index (χ1n) is 7.79. The molecule has 1 aromatic carbocycles. The van der Waals surface area contributed by atoms with E-state index in [1.165, 1.54) is 0 Å². The predicted octanol–water partition coefficient (Wildman–Crippen LogP) is 3.36. The highest BCUT2D eigenvalue weighted by Crippen LogP contribution is 2.38. The van der Waals surface area contributed by atoms with Crippen molar-refractivity contribution in [2.75, 3.05) is 11.9 Å². The molecule has 2 heterocycles. The monoisotopic (exact) mass is 330 g/mol. The predicted molar refractivity (Wildman–Crippen MR) is 93.8 cm³/mol. The van der Waals surface area contributed by atoms with Gasteiger partial charge in [-0.25, -0.2) is 0 Å². The molecule has 0 saturated carbocycles. The molecule has 1 aromatic heterocycles. The van der Waals surface area contributed by atoms with Crippen LogP contribution in [0, 0.1) is 0 Å². The van der Waals surface area contributed by atoms with Crippen LogP contribution in [0.4, 0.5) is 5.69 Å². The third-order valence-corrected chi connectivity index (χ3v) is 5.28. The normalized spacial score (nSPS) is 18.3. The van der Waals surface area contributed by atoms with E-state index in [1.54, 1.807) is 11.3 Å². The number of thiophene rings is 1. The molecule has 0 bridgehead atoms. The molecule has 2 aromatic rings. The number of hydrogen-bond acceptors (Lipinski definition) is 4. The maximum absolute atomic E-state index is 12.0. The molecular formula is C18H22N2O2S. The number of aliphatic hydroxyl groups is 1. The van der Waals surface area contributed by atoms with Crippen LogP contribution in [0.3, 0.4) is 0 Å². The molecule has 0 radical (unpaired) electrons. The minimum absolute atomic E-state index is 0.0399. The molecule has 2 unspecified atom stereocenters. The second-order valence-corrected chi connectivity index (χ2v) is 7.37. The van der Waals surface area contributed by atoms with E-state index >= 15 is 0 Å². The molecule has 1 aliphatic heterocycles. The van der Waals surface area contributed by atoms with Gasteiger partial charge in [0, 0.05) is 18.3 Å². The molecule has 4 nitrogen and oxygen atoms in total. The van der Waals surface area contributed by atoms with Crippen LogP contribution in [-0.4, -0.2) is 17.6 Å². The molecular weight excluding hydrogens is 308 g/mol.